The molecule has 13 heteroatoms. The van der Waals surface area contributed by atoms with Crippen LogP contribution in [-0.2, 0) is 10.4 Å². The second-order valence-electron chi connectivity index (χ2n) is 10.1. The van der Waals surface area contributed by atoms with Crippen LogP contribution < -0.4 is 15.0 Å². The fourth-order valence-electron chi connectivity index (χ4n) is 5.52. The minimum absolute atomic E-state index is 0.0337. The van der Waals surface area contributed by atoms with Gasteiger partial charge in [0.05, 0.1) is 29.6 Å². The largest absolute Gasteiger partial charge is 0.481 e. The number of methoxy groups -OCH3 is 1. The fourth-order valence-corrected chi connectivity index (χ4v) is 5.68. The van der Waals surface area contributed by atoms with Gasteiger partial charge >= 0.3 is 0 Å². The molecule has 1 atom stereocenters. The van der Waals surface area contributed by atoms with Crippen molar-refractivity contribution >= 4 is 29.1 Å². The normalized spacial score (nSPS) is 22.1. The summed E-state index contributed by atoms with van der Waals surface area (Å²) in [5.41, 5.74) is -3.71. The minimum Gasteiger partial charge on any atom is -0.481 e. The number of nitrogens with one attached hydrogen (secondary N) is 1. The van der Waals surface area contributed by atoms with E-state index in [0.717, 1.165) is 36.7 Å². The maximum absolute atomic E-state index is 14.9. The summed E-state index contributed by atoms with van der Waals surface area (Å²) < 4.78 is 60.9. The topological polar surface area (TPSA) is 105 Å². The number of rotatable bonds is 7. The molecule has 2 N–H and O–H groups in total. The van der Waals surface area contributed by atoms with Gasteiger partial charge in [-0.25, -0.2) is 22.5 Å². The van der Waals surface area contributed by atoms with Gasteiger partial charge in [0, 0.05) is 36.0 Å². The zero-order valence-electron chi connectivity index (χ0n) is 21.7. The second kappa shape index (κ2) is 11.2. The monoisotopic (exact) mass is 592 g/mol. The Morgan fingerprint density at radius 2 is 1.88 bits per heavy atom. The van der Waals surface area contributed by atoms with Gasteiger partial charge in [-0.05, 0) is 55.9 Å². The zero-order chi connectivity index (χ0) is 29.5. The number of amides is 2. The number of hydrogen-bond acceptors (Lipinski definition) is 6. The van der Waals surface area contributed by atoms with Crippen LogP contribution in [0.4, 0.5) is 23.2 Å². The fraction of sp³-hybridized carbons (Fsp3) is 0.357. The summed E-state index contributed by atoms with van der Waals surface area (Å²) >= 11 is 5.86. The van der Waals surface area contributed by atoms with Crippen molar-refractivity contribution in [2.24, 2.45) is 5.92 Å². The van der Waals surface area contributed by atoms with E-state index in [1.807, 2.05) is 0 Å². The molecule has 8 nitrogen and oxygen atoms in total. The van der Waals surface area contributed by atoms with Crippen LogP contribution in [0.2, 0.25) is 5.02 Å². The predicted octanol–water partition coefficient (Wildman–Crippen LogP) is 4.93. The Morgan fingerprint density at radius 1 is 1.15 bits per heavy atom. The number of aromatic nitrogens is 2. The summed E-state index contributed by atoms with van der Waals surface area (Å²) in [6.07, 6.45) is 1.02. The van der Waals surface area contributed by atoms with Crippen LogP contribution >= 0.6 is 11.6 Å². The molecule has 0 bridgehead atoms. The van der Waals surface area contributed by atoms with Gasteiger partial charge in [-0.2, -0.15) is 0 Å². The molecule has 2 aliphatic rings. The van der Waals surface area contributed by atoms with E-state index in [0.29, 0.717) is 25.7 Å². The number of pyridine rings is 2. The highest BCUT2D eigenvalue weighted by atomic mass is 35.5. The number of anilines is 1. The first kappa shape index (κ1) is 28.7. The van der Waals surface area contributed by atoms with Crippen LogP contribution in [0.25, 0.3) is 0 Å². The van der Waals surface area contributed by atoms with Gasteiger partial charge in [0.1, 0.15) is 17.3 Å². The highest BCUT2D eigenvalue weighted by Gasteiger charge is 2.53. The molecule has 5 rings (SSSR count). The van der Waals surface area contributed by atoms with E-state index in [1.165, 1.54) is 18.1 Å². The molecule has 1 saturated carbocycles. The van der Waals surface area contributed by atoms with Crippen molar-refractivity contribution in [1.82, 2.24) is 15.3 Å². The van der Waals surface area contributed by atoms with Crippen molar-refractivity contribution in [1.29, 1.82) is 0 Å². The van der Waals surface area contributed by atoms with Gasteiger partial charge in [-0.3, -0.25) is 14.6 Å². The number of ether oxygens (including phenoxy) is 1. The molecule has 216 valence electrons. The molecule has 2 aromatic heterocycles. The van der Waals surface area contributed by atoms with E-state index in [1.54, 1.807) is 0 Å². The first-order chi connectivity index (χ1) is 19.5. The molecule has 3 aromatic rings. The summed E-state index contributed by atoms with van der Waals surface area (Å²) in [5, 5.41) is 14.5. The van der Waals surface area contributed by atoms with Crippen molar-refractivity contribution < 1.29 is 37.0 Å². The number of halogens is 5. The summed E-state index contributed by atoms with van der Waals surface area (Å²) in [6.45, 7) is 0.151. The van der Waals surface area contributed by atoms with Crippen LogP contribution in [0.1, 0.15) is 59.3 Å². The van der Waals surface area contributed by atoms with Crippen molar-refractivity contribution in [2.45, 2.75) is 43.8 Å². The Labute approximate surface area is 237 Å². The third-order valence-corrected chi connectivity index (χ3v) is 7.79. The van der Waals surface area contributed by atoms with E-state index >= 15 is 0 Å². The van der Waals surface area contributed by atoms with Crippen molar-refractivity contribution in [2.75, 3.05) is 18.6 Å². The summed E-state index contributed by atoms with van der Waals surface area (Å²) in [7, 11) is 1.30. The van der Waals surface area contributed by atoms with E-state index in [-0.39, 0.29) is 46.2 Å². The lowest BCUT2D eigenvalue weighted by atomic mass is 9.85. The molecule has 41 heavy (non-hydrogen) atoms. The van der Waals surface area contributed by atoms with E-state index in [4.69, 9.17) is 16.3 Å². The van der Waals surface area contributed by atoms with E-state index < -0.39 is 46.7 Å². The molecule has 1 aliphatic heterocycles. The number of carbonyl (C=O) groups is 2. The van der Waals surface area contributed by atoms with Gasteiger partial charge in [0.15, 0.2) is 5.60 Å². The van der Waals surface area contributed by atoms with Crippen LogP contribution in [0.5, 0.6) is 5.88 Å². The Morgan fingerprint density at radius 3 is 2.56 bits per heavy atom. The SMILES string of the molecule is COc1cc(C2(O)C(=O)N(CC3CCC(NC(=O)c4cc(Cl)cnc4C(F)F)CC3)c3ccc(F)cc32)c(F)cn1. The molecule has 2 amide bonds. The van der Waals surface area contributed by atoms with Gasteiger partial charge in [0.2, 0.25) is 5.88 Å². The van der Waals surface area contributed by atoms with Crippen molar-refractivity contribution in [3.63, 3.8) is 0 Å². The Kier molecular flexibility index (Phi) is 7.89. The highest BCUT2D eigenvalue weighted by molar-refractivity contribution is 6.30. The van der Waals surface area contributed by atoms with Gasteiger partial charge in [-0.1, -0.05) is 11.6 Å². The molecule has 0 radical (unpaired) electrons. The van der Waals surface area contributed by atoms with Gasteiger partial charge < -0.3 is 20.1 Å². The number of benzene rings is 1. The van der Waals surface area contributed by atoms with Crippen LogP contribution in [0.15, 0.2) is 42.7 Å². The summed E-state index contributed by atoms with van der Waals surface area (Å²) in [4.78, 5) is 35.1. The first-order valence-electron chi connectivity index (χ1n) is 12.8. The number of nitrogens with zero attached hydrogens (tertiary/aromatic N) is 3. The van der Waals surface area contributed by atoms with E-state index in [2.05, 4.69) is 15.3 Å². The quantitative estimate of drug-likeness (QED) is 0.377. The smallest absolute Gasteiger partial charge is 0.281 e. The van der Waals surface area contributed by atoms with Crippen LogP contribution in [0, 0.1) is 17.6 Å². The molecule has 1 aromatic carbocycles. The van der Waals surface area contributed by atoms with Crippen LogP contribution in [0.3, 0.4) is 0 Å². The van der Waals surface area contributed by atoms with Gasteiger partial charge in [0.25, 0.3) is 18.2 Å². The maximum atomic E-state index is 14.9. The standard InChI is InChI=1S/C28H25ClF4N4O4/c1-41-23-10-19(21(31)12-34-23)28(40)20-9-16(30)4-7-22(20)37(27(28)39)13-14-2-5-17(6-3-14)36-26(38)18-8-15(29)11-35-24(18)25(32)33/h4,7-12,14,17,25,40H,2-3,5-6,13H2,1H3,(H,36,38). The average molecular weight is 593 g/mol. The molecule has 0 spiro atoms. The maximum Gasteiger partial charge on any atom is 0.281 e. The lowest BCUT2D eigenvalue weighted by Crippen LogP contribution is -2.45. The number of fused-ring (bicyclic) bond motifs is 1. The molecular formula is C28H25ClF4N4O4. The predicted molar refractivity (Wildman–Crippen MR) is 140 cm³/mol. The third kappa shape index (κ3) is 5.33. The van der Waals surface area contributed by atoms with Crippen molar-refractivity contribution in [3.8, 4) is 5.88 Å². The number of alkyl halides is 2. The number of hydrogen-bond donors (Lipinski definition) is 2. The molecule has 1 aliphatic carbocycles. The number of aliphatic hydroxyl groups is 1. The molecule has 0 saturated heterocycles. The highest BCUT2D eigenvalue weighted by Crippen LogP contribution is 2.46. The molecular weight excluding hydrogens is 568 g/mol. The van der Waals surface area contributed by atoms with Crippen molar-refractivity contribution in [3.05, 3.63) is 81.8 Å². The minimum atomic E-state index is -2.95. The summed E-state index contributed by atoms with van der Waals surface area (Å²) in [5.74, 6) is -3.32. The first-order valence-corrected chi connectivity index (χ1v) is 13.2. The molecule has 1 fully saturated rings. The second-order valence-corrected chi connectivity index (χ2v) is 10.5. The molecule has 3 heterocycles. The Bertz CT molecular complexity index is 1500. The van der Waals surface area contributed by atoms with Gasteiger partial charge in [-0.15, -0.1) is 0 Å². The lowest BCUT2D eigenvalue weighted by Gasteiger charge is -2.32. The van der Waals surface area contributed by atoms with Crippen LogP contribution in [-0.4, -0.2) is 46.6 Å². The Balaban J connectivity index is 1.31. The van der Waals surface area contributed by atoms with E-state index in [9.17, 15) is 32.3 Å². The summed E-state index contributed by atoms with van der Waals surface area (Å²) in [6, 6.07) is 5.47. The average Bonchev–Trinajstić information content (AvgIpc) is 3.15. The zero-order valence-corrected chi connectivity index (χ0v) is 22.5. The molecule has 1 unspecified atom stereocenters. The Hall–Kier alpha value is -3.77. The number of carbonyl (C=O) groups excluding carboxylic acids is 2. The lowest BCUT2D eigenvalue weighted by molar-refractivity contribution is -0.132. The third-order valence-electron chi connectivity index (χ3n) is 7.58.